The van der Waals surface area contributed by atoms with Crippen LogP contribution in [0.3, 0.4) is 0 Å². The largest absolute Gasteiger partial charge is 0.416 e. The highest BCUT2D eigenvalue weighted by Crippen LogP contribution is 2.42. The summed E-state index contributed by atoms with van der Waals surface area (Å²) in [6, 6.07) is 8.38. The average molecular weight is 263 g/mol. The molecule has 0 unspecified atom stereocenters. The lowest BCUT2D eigenvalue weighted by atomic mass is 9.98. The molecule has 0 aromatic heterocycles. The molecule has 0 fully saturated rings. The van der Waals surface area contributed by atoms with Crippen LogP contribution in [-0.2, 0) is 12.6 Å². The first-order valence-corrected chi connectivity index (χ1v) is 5.96. The number of fused-ring (bicyclic) bond motifs is 3. The van der Waals surface area contributed by atoms with Crippen LogP contribution < -0.4 is 5.73 Å². The molecule has 1 aliphatic rings. The minimum Gasteiger partial charge on any atom is -0.399 e. The number of nitrogens with two attached hydrogens (primary N) is 1. The van der Waals surface area contributed by atoms with Gasteiger partial charge in [-0.15, -0.1) is 0 Å². The van der Waals surface area contributed by atoms with Gasteiger partial charge in [-0.25, -0.2) is 0 Å². The van der Waals surface area contributed by atoms with Crippen molar-refractivity contribution in [3.63, 3.8) is 0 Å². The molecule has 0 atom stereocenters. The van der Waals surface area contributed by atoms with Crippen molar-refractivity contribution < 1.29 is 13.2 Å². The fourth-order valence-electron chi connectivity index (χ4n) is 2.68. The summed E-state index contributed by atoms with van der Waals surface area (Å²) in [7, 11) is 0. The third-order valence-corrected chi connectivity index (χ3v) is 3.56. The Morgan fingerprint density at radius 3 is 2.37 bits per heavy atom. The lowest BCUT2D eigenvalue weighted by Crippen LogP contribution is -2.08. The van der Waals surface area contributed by atoms with Crippen molar-refractivity contribution in [3.05, 3.63) is 52.6 Å². The Kier molecular flexibility index (Phi) is 2.39. The van der Waals surface area contributed by atoms with E-state index < -0.39 is 11.7 Å². The van der Waals surface area contributed by atoms with Gasteiger partial charge in [0.2, 0.25) is 0 Å². The second-order valence-electron chi connectivity index (χ2n) is 4.92. The smallest absolute Gasteiger partial charge is 0.399 e. The Morgan fingerprint density at radius 1 is 1.00 bits per heavy atom. The van der Waals surface area contributed by atoms with E-state index in [4.69, 9.17) is 5.73 Å². The van der Waals surface area contributed by atoms with Crippen molar-refractivity contribution in [1.29, 1.82) is 0 Å². The lowest BCUT2D eigenvalue weighted by Gasteiger charge is -2.12. The molecule has 0 saturated carbocycles. The normalized spacial score (nSPS) is 13.3. The number of benzene rings is 2. The zero-order valence-corrected chi connectivity index (χ0v) is 10.3. The Morgan fingerprint density at radius 2 is 1.68 bits per heavy atom. The summed E-state index contributed by atoms with van der Waals surface area (Å²) in [6.45, 7) is 1.50. The highest BCUT2D eigenvalue weighted by atomic mass is 19.4. The molecule has 4 heteroatoms. The fourth-order valence-corrected chi connectivity index (χ4v) is 2.68. The van der Waals surface area contributed by atoms with Gasteiger partial charge in [-0.1, -0.05) is 12.1 Å². The minimum absolute atomic E-state index is 0.260. The summed E-state index contributed by atoms with van der Waals surface area (Å²) in [5, 5.41) is 0. The van der Waals surface area contributed by atoms with Crippen molar-refractivity contribution in [3.8, 4) is 11.1 Å². The number of hydrogen-bond donors (Lipinski definition) is 1. The number of alkyl halides is 3. The zero-order chi connectivity index (χ0) is 13.8. The molecular formula is C15H12F3N. The summed E-state index contributed by atoms with van der Waals surface area (Å²) < 4.78 is 38.7. The standard InChI is InChI=1S/C15H12F3N/c1-8-4-13-10(7-14(8)15(16,17)18)5-9-6-11(19)2-3-12(9)13/h2-4,6-7H,5,19H2,1H3. The molecule has 1 nitrogen and oxygen atoms in total. The van der Waals surface area contributed by atoms with E-state index in [0.29, 0.717) is 12.1 Å². The second-order valence-corrected chi connectivity index (χ2v) is 4.92. The molecule has 0 amide bonds. The van der Waals surface area contributed by atoms with Gasteiger partial charge in [0.05, 0.1) is 5.56 Å². The van der Waals surface area contributed by atoms with Crippen LogP contribution in [0.5, 0.6) is 0 Å². The first-order chi connectivity index (χ1) is 8.86. The first-order valence-electron chi connectivity index (χ1n) is 5.96. The Labute approximate surface area is 108 Å². The van der Waals surface area contributed by atoms with Crippen LogP contribution in [-0.4, -0.2) is 0 Å². The van der Waals surface area contributed by atoms with Gasteiger partial charge < -0.3 is 5.73 Å². The maximum absolute atomic E-state index is 12.9. The third-order valence-electron chi connectivity index (χ3n) is 3.56. The van der Waals surface area contributed by atoms with E-state index in [-0.39, 0.29) is 5.56 Å². The number of halogens is 3. The summed E-state index contributed by atoms with van der Waals surface area (Å²) in [5.41, 5.74) is 9.66. The Hall–Kier alpha value is -1.97. The van der Waals surface area contributed by atoms with Gasteiger partial charge in [-0.2, -0.15) is 13.2 Å². The van der Waals surface area contributed by atoms with Gasteiger partial charge >= 0.3 is 6.18 Å². The van der Waals surface area contributed by atoms with Crippen molar-refractivity contribution in [1.82, 2.24) is 0 Å². The topological polar surface area (TPSA) is 26.0 Å². The van der Waals surface area contributed by atoms with E-state index in [9.17, 15) is 13.2 Å². The van der Waals surface area contributed by atoms with Crippen LogP contribution in [0.4, 0.5) is 18.9 Å². The van der Waals surface area contributed by atoms with E-state index >= 15 is 0 Å². The lowest BCUT2D eigenvalue weighted by molar-refractivity contribution is -0.138. The molecular weight excluding hydrogens is 251 g/mol. The van der Waals surface area contributed by atoms with Crippen molar-refractivity contribution in [2.24, 2.45) is 0 Å². The molecule has 1 aliphatic carbocycles. The summed E-state index contributed by atoms with van der Waals surface area (Å²) in [4.78, 5) is 0. The second kappa shape index (κ2) is 3.76. The third kappa shape index (κ3) is 1.87. The first kappa shape index (κ1) is 12.1. The molecule has 2 aromatic carbocycles. The van der Waals surface area contributed by atoms with Crippen molar-refractivity contribution in [2.45, 2.75) is 19.5 Å². The maximum Gasteiger partial charge on any atom is 0.416 e. The van der Waals surface area contributed by atoms with Crippen molar-refractivity contribution >= 4 is 5.69 Å². The summed E-state index contributed by atoms with van der Waals surface area (Å²) in [5.74, 6) is 0. The number of rotatable bonds is 0. The van der Waals surface area contributed by atoms with Crippen LogP contribution in [0, 0.1) is 6.92 Å². The molecule has 0 bridgehead atoms. The van der Waals surface area contributed by atoms with E-state index in [1.54, 1.807) is 12.1 Å². The number of aryl methyl sites for hydroxylation is 1. The van der Waals surface area contributed by atoms with Crippen LogP contribution in [0.25, 0.3) is 11.1 Å². The van der Waals surface area contributed by atoms with Gasteiger partial charge in [0.25, 0.3) is 0 Å². The predicted molar refractivity (Wildman–Crippen MR) is 68.8 cm³/mol. The predicted octanol–water partition coefficient (Wildman–Crippen LogP) is 4.17. The molecule has 0 spiro atoms. The van der Waals surface area contributed by atoms with E-state index in [2.05, 4.69) is 0 Å². The van der Waals surface area contributed by atoms with E-state index in [1.165, 1.54) is 13.0 Å². The van der Waals surface area contributed by atoms with Crippen LogP contribution in [0.15, 0.2) is 30.3 Å². The molecule has 0 heterocycles. The van der Waals surface area contributed by atoms with Gasteiger partial charge in [-0.05, 0) is 59.4 Å². The maximum atomic E-state index is 12.9. The number of nitrogen functional groups attached to an aromatic ring is 1. The Balaban J connectivity index is 2.19. The molecule has 98 valence electrons. The van der Waals surface area contributed by atoms with Crippen LogP contribution in [0.2, 0.25) is 0 Å². The minimum atomic E-state index is -4.30. The zero-order valence-electron chi connectivity index (χ0n) is 10.3. The monoisotopic (exact) mass is 263 g/mol. The molecule has 0 saturated heterocycles. The SMILES string of the molecule is Cc1cc2c(cc1C(F)(F)F)Cc1cc(N)ccc1-2. The van der Waals surface area contributed by atoms with Gasteiger partial charge in [-0.3, -0.25) is 0 Å². The Bertz CT molecular complexity index is 672. The fraction of sp³-hybridized carbons (Fsp3) is 0.200. The van der Waals surface area contributed by atoms with Gasteiger partial charge in [0.15, 0.2) is 0 Å². The van der Waals surface area contributed by atoms with E-state index in [1.807, 2.05) is 12.1 Å². The van der Waals surface area contributed by atoms with Gasteiger partial charge in [0.1, 0.15) is 0 Å². The molecule has 2 aromatic rings. The van der Waals surface area contributed by atoms with Crippen molar-refractivity contribution in [2.75, 3.05) is 5.73 Å². The molecule has 2 N–H and O–H groups in total. The number of hydrogen-bond acceptors (Lipinski definition) is 1. The molecule has 0 radical (unpaired) electrons. The average Bonchev–Trinajstić information content (AvgIpc) is 2.63. The van der Waals surface area contributed by atoms with Gasteiger partial charge in [0, 0.05) is 5.69 Å². The number of anilines is 1. The molecule has 19 heavy (non-hydrogen) atoms. The van der Waals surface area contributed by atoms with Crippen LogP contribution in [0.1, 0.15) is 22.3 Å². The van der Waals surface area contributed by atoms with E-state index in [0.717, 1.165) is 22.3 Å². The quantitative estimate of drug-likeness (QED) is 0.605. The summed E-state index contributed by atoms with van der Waals surface area (Å²) >= 11 is 0. The highest BCUT2D eigenvalue weighted by Gasteiger charge is 2.34. The highest BCUT2D eigenvalue weighted by molar-refractivity contribution is 5.79. The van der Waals surface area contributed by atoms with Crippen LogP contribution >= 0.6 is 0 Å². The molecule has 0 aliphatic heterocycles. The summed E-state index contributed by atoms with van der Waals surface area (Å²) in [6.07, 6.45) is -3.79. The molecule has 3 rings (SSSR count).